The van der Waals surface area contributed by atoms with Crippen molar-refractivity contribution in [2.75, 3.05) is 19.7 Å². The maximum absolute atomic E-state index is 6.00. The van der Waals surface area contributed by atoms with Gasteiger partial charge in [0.1, 0.15) is 0 Å². The maximum Gasteiger partial charge on any atom is 0.0949 e. The van der Waals surface area contributed by atoms with E-state index in [9.17, 15) is 0 Å². The number of fused-ring (bicyclic) bond motifs is 1. The van der Waals surface area contributed by atoms with Crippen LogP contribution in [-0.2, 0) is 24.9 Å². The SMILES string of the molecule is Cc1nc(COC[C@@H]2CN(CC3CC3)Cc3ncn(C)c32)cs1. The second-order valence-electron chi connectivity index (χ2n) is 6.89. The Hall–Kier alpha value is -1.24. The molecule has 0 unspecified atom stereocenters. The molecule has 2 aromatic rings. The van der Waals surface area contributed by atoms with Gasteiger partial charge >= 0.3 is 0 Å². The van der Waals surface area contributed by atoms with Gasteiger partial charge in [0.05, 0.1) is 35.9 Å². The average Bonchev–Trinajstić information content (AvgIpc) is 3.12. The maximum atomic E-state index is 6.00. The van der Waals surface area contributed by atoms with Crippen LogP contribution < -0.4 is 0 Å². The lowest BCUT2D eigenvalue weighted by Gasteiger charge is -2.32. The zero-order valence-electron chi connectivity index (χ0n) is 13.9. The largest absolute Gasteiger partial charge is 0.374 e. The van der Waals surface area contributed by atoms with E-state index in [0.29, 0.717) is 12.5 Å². The predicted octanol–water partition coefficient (Wildman–Crippen LogP) is 2.71. The first-order valence-electron chi connectivity index (χ1n) is 8.40. The first kappa shape index (κ1) is 15.3. The normalized spacial score (nSPS) is 21.6. The number of aromatic nitrogens is 3. The van der Waals surface area contributed by atoms with Crippen LogP contribution >= 0.6 is 11.3 Å². The van der Waals surface area contributed by atoms with Crippen molar-refractivity contribution in [2.45, 2.75) is 38.8 Å². The summed E-state index contributed by atoms with van der Waals surface area (Å²) in [4.78, 5) is 11.6. The molecule has 0 aromatic carbocycles. The van der Waals surface area contributed by atoms with E-state index in [1.54, 1.807) is 11.3 Å². The molecule has 124 valence electrons. The highest BCUT2D eigenvalue weighted by molar-refractivity contribution is 7.09. The predicted molar refractivity (Wildman–Crippen MR) is 90.5 cm³/mol. The van der Waals surface area contributed by atoms with Crippen LogP contribution in [0.5, 0.6) is 0 Å². The van der Waals surface area contributed by atoms with Crippen LogP contribution in [0.25, 0.3) is 0 Å². The van der Waals surface area contributed by atoms with Crippen molar-refractivity contribution in [3.8, 4) is 0 Å². The van der Waals surface area contributed by atoms with E-state index in [1.165, 1.54) is 30.8 Å². The third-order valence-electron chi connectivity index (χ3n) is 4.75. The molecular weight excluding hydrogens is 308 g/mol. The Labute approximate surface area is 141 Å². The molecule has 4 rings (SSSR count). The zero-order valence-corrected chi connectivity index (χ0v) is 14.7. The van der Waals surface area contributed by atoms with E-state index in [-0.39, 0.29) is 0 Å². The van der Waals surface area contributed by atoms with Crippen LogP contribution in [0.15, 0.2) is 11.7 Å². The van der Waals surface area contributed by atoms with Gasteiger partial charge in [-0.15, -0.1) is 11.3 Å². The van der Waals surface area contributed by atoms with Crippen LogP contribution in [0, 0.1) is 12.8 Å². The minimum absolute atomic E-state index is 0.407. The Bertz CT molecular complexity index is 676. The Balaban J connectivity index is 1.41. The minimum Gasteiger partial charge on any atom is -0.374 e. The van der Waals surface area contributed by atoms with Gasteiger partial charge in [-0.1, -0.05) is 0 Å². The van der Waals surface area contributed by atoms with Crippen LogP contribution in [0.3, 0.4) is 0 Å². The molecule has 6 heteroatoms. The summed E-state index contributed by atoms with van der Waals surface area (Å²) in [6, 6.07) is 0. The number of thiazole rings is 1. The molecule has 3 heterocycles. The zero-order chi connectivity index (χ0) is 15.8. The van der Waals surface area contributed by atoms with E-state index >= 15 is 0 Å². The third-order valence-corrected chi connectivity index (χ3v) is 5.57. The van der Waals surface area contributed by atoms with Gasteiger partial charge in [0.2, 0.25) is 0 Å². The van der Waals surface area contributed by atoms with Gasteiger partial charge in [-0.2, -0.15) is 0 Å². The molecule has 1 atom stereocenters. The topological polar surface area (TPSA) is 43.2 Å². The van der Waals surface area contributed by atoms with E-state index in [0.717, 1.165) is 36.3 Å². The second kappa shape index (κ2) is 6.34. The van der Waals surface area contributed by atoms with Gasteiger partial charge in [0.15, 0.2) is 0 Å². The Morgan fingerprint density at radius 1 is 1.39 bits per heavy atom. The van der Waals surface area contributed by atoms with Crippen LogP contribution in [-0.4, -0.2) is 39.1 Å². The van der Waals surface area contributed by atoms with Gasteiger partial charge in [-0.3, -0.25) is 4.90 Å². The van der Waals surface area contributed by atoms with Crippen LogP contribution in [0.2, 0.25) is 0 Å². The number of ether oxygens (including phenoxy) is 1. The van der Waals surface area contributed by atoms with E-state index < -0.39 is 0 Å². The highest BCUT2D eigenvalue weighted by Crippen LogP contribution is 2.34. The molecule has 0 saturated heterocycles. The number of nitrogens with zero attached hydrogens (tertiary/aromatic N) is 4. The molecule has 2 aliphatic rings. The van der Waals surface area contributed by atoms with E-state index in [1.807, 2.05) is 13.3 Å². The molecule has 0 N–H and O–H groups in total. The van der Waals surface area contributed by atoms with Crippen molar-refractivity contribution < 1.29 is 4.74 Å². The van der Waals surface area contributed by atoms with Gasteiger partial charge in [-0.25, -0.2) is 9.97 Å². The first-order chi connectivity index (χ1) is 11.2. The fraction of sp³-hybridized carbons (Fsp3) is 0.647. The highest BCUT2D eigenvalue weighted by Gasteiger charge is 2.32. The van der Waals surface area contributed by atoms with E-state index in [2.05, 4.69) is 31.9 Å². The van der Waals surface area contributed by atoms with Crippen LogP contribution in [0.4, 0.5) is 0 Å². The van der Waals surface area contributed by atoms with Crippen molar-refractivity contribution in [3.05, 3.63) is 33.8 Å². The summed E-state index contributed by atoms with van der Waals surface area (Å²) in [5.41, 5.74) is 3.63. The number of aryl methyl sites for hydroxylation is 2. The summed E-state index contributed by atoms with van der Waals surface area (Å²) in [6.45, 7) is 6.68. The summed E-state index contributed by atoms with van der Waals surface area (Å²) >= 11 is 1.68. The Kier molecular flexibility index (Phi) is 4.22. The summed E-state index contributed by atoms with van der Waals surface area (Å²) in [7, 11) is 2.10. The second-order valence-corrected chi connectivity index (χ2v) is 7.96. The molecule has 0 spiro atoms. The van der Waals surface area contributed by atoms with Crippen molar-refractivity contribution >= 4 is 11.3 Å². The summed E-state index contributed by atoms with van der Waals surface area (Å²) in [5, 5.41) is 3.19. The molecule has 1 aliphatic heterocycles. The standard InChI is InChI=1S/C17H24N4OS/c1-12-19-15(10-23-12)9-22-8-14-6-21(5-13-3-4-13)7-16-17(14)20(2)11-18-16/h10-11,13-14H,3-9H2,1-2H3/t14-/m0/s1. The minimum atomic E-state index is 0.407. The number of hydrogen-bond donors (Lipinski definition) is 0. The van der Waals surface area contributed by atoms with Crippen molar-refractivity contribution in [1.82, 2.24) is 19.4 Å². The molecule has 5 nitrogen and oxygen atoms in total. The van der Waals surface area contributed by atoms with Crippen molar-refractivity contribution in [2.24, 2.45) is 13.0 Å². The first-order valence-corrected chi connectivity index (χ1v) is 9.28. The van der Waals surface area contributed by atoms with Gasteiger partial charge in [-0.05, 0) is 25.7 Å². The van der Waals surface area contributed by atoms with Gasteiger partial charge < -0.3 is 9.30 Å². The molecular formula is C17H24N4OS. The quantitative estimate of drug-likeness (QED) is 0.816. The fourth-order valence-corrected chi connectivity index (χ4v) is 4.12. The van der Waals surface area contributed by atoms with Gasteiger partial charge in [0.25, 0.3) is 0 Å². The lowest BCUT2D eigenvalue weighted by Crippen LogP contribution is -2.37. The molecule has 0 amide bonds. The lowest BCUT2D eigenvalue weighted by molar-refractivity contribution is 0.0821. The highest BCUT2D eigenvalue weighted by atomic mass is 32.1. The smallest absolute Gasteiger partial charge is 0.0949 e. The third kappa shape index (κ3) is 3.49. The number of hydrogen-bond acceptors (Lipinski definition) is 5. The van der Waals surface area contributed by atoms with Gasteiger partial charge in [0, 0.05) is 43.7 Å². The fourth-order valence-electron chi connectivity index (χ4n) is 3.52. The molecule has 0 radical (unpaired) electrons. The summed E-state index contributed by atoms with van der Waals surface area (Å²) in [5.74, 6) is 1.32. The molecule has 1 saturated carbocycles. The number of rotatable bonds is 6. The average molecular weight is 332 g/mol. The monoisotopic (exact) mass is 332 g/mol. The lowest BCUT2D eigenvalue weighted by atomic mass is 9.98. The van der Waals surface area contributed by atoms with Crippen molar-refractivity contribution in [3.63, 3.8) is 0 Å². The molecule has 0 bridgehead atoms. The Morgan fingerprint density at radius 3 is 3.00 bits per heavy atom. The molecule has 1 aliphatic carbocycles. The summed E-state index contributed by atoms with van der Waals surface area (Å²) in [6.07, 6.45) is 4.74. The molecule has 2 aromatic heterocycles. The number of imidazole rings is 1. The Morgan fingerprint density at radius 2 is 2.26 bits per heavy atom. The summed E-state index contributed by atoms with van der Waals surface area (Å²) < 4.78 is 8.17. The molecule has 23 heavy (non-hydrogen) atoms. The van der Waals surface area contributed by atoms with Crippen molar-refractivity contribution in [1.29, 1.82) is 0 Å². The molecule has 1 fully saturated rings. The van der Waals surface area contributed by atoms with Crippen LogP contribution in [0.1, 0.15) is 40.8 Å². The van der Waals surface area contributed by atoms with E-state index in [4.69, 9.17) is 4.74 Å².